The van der Waals surface area contributed by atoms with Gasteiger partial charge in [0.15, 0.2) is 0 Å². The third kappa shape index (κ3) is 6.05. The van der Waals surface area contributed by atoms with Crippen molar-refractivity contribution in [2.24, 2.45) is 0 Å². The van der Waals surface area contributed by atoms with Gasteiger partial charge in [-0.05, 0) is 13.2 Å². The average molecular weight is 166 g/mol. The Balaban J connectivity index is 3.04. The smallest absolute Gasteiger partial charge is 0.293 e. The molecule has 0 saturated carbocycles. The molecule has 0 aromatic heterocycles. The Hall–Kier alpha value is 0.170. The van der Waals surface area contributed by atoms with E-state index in [4.69, 9.17) is 0 Å². The fraction of sp³-hybridized carbons (Fsp3) is 0.800. The van der Waals surface area contributed by atoms with E-state index in [2.05, 4.69) is 4.74 Å². The number of ether oxygens (including phenoxy) is 1. The molecule has 0 spiro atoms. The molecule has 0 fully saturated rings. The molecular formula is C5H10O2S2. The van der Waals surface area contributed by atoms with E-state index in [0.29, 0.717) is 18.3 Å². The minimum atomic E-state index is 0.394. The summed E-state index contributed by atoms with van der Waals surface area (Å²) < 4.78 is 4.53. The zero-order valence-corrected chi connectivity index (χ0v) is 7.13. The highest BCUT2D eigenvalue weighted by atomic mass is 33.1. The molecule has 0 radical (unpaired) electrons. The molecule has 0 aliphatic rings. The van der Waals surface area contributed by atoms with Gasteiger partial charge in [-0.25, -0.2) is 0 Å². The molecular weight excluding hydrogens is 156 g/mol. The largest absolute Gasteiger partial charge is 0.467 e. The molecule has 0 aliphatic heterocycles. The van der Waals surface area contributed by atoms with E-state index < -0.39 is 0 Å². The molecule has 1 atom stereocenters. The second-order valence-corrected chi connectivity index (χ2v) is 4.41. The molecule has 0 amide bonds. The van der Waals surface area contributed by atoms with Crippen LogP contribution in [0.5, 0.6) is 0 Å². The molecule has 0 bridgehead atoms. The summed E-state index contributed by atoms with van der Waals surface area (Å²) in [5.41, 5.74) is 0. The normalized spacial score (nSPS) is 12.7. The Morgan fingerprint density at radius 1 is 1.78 bits per heavy atom. The van der Waals surface area contributed by atoms with Crippen LogP contribution in [0.15, 0.2) is 0 Å². The lowest BCUT2D eigenvalue weighted by atomic mass is 10.5. The Morgan fingerprint density at radius 2 is 2.44 bits per heavy atom. The lowest BCUT2D eigenvalue weighted by Crippen LogP contribution is -2.04. The van der Waals surface area contributed by atoms with Crippen LogP contribution in [0, 0.1) is 0 Å². The standard InChI is InChI=1S/C5H10O2S2/c1-5(9-8-2)3-7-4-6/h4-5H,3H2,1-2H3. The van der Waals surface area contributed by atoms with E-state index in [-0.39, 0.29) is 0 Å². The Bertz CT molecular complexity index is 77.4. The highest BCUT2D eigenvalue weighted by molar-refractivity contribution is 8.76. The molecule has 4 heteroatoms. The molecule has 0 aromatic carbocycles. The maximum absolute atomic E-state index is 9.68. The summed E-state index contributed by atoms with van der Waals surface area (Å²) in [5, 5.41) is 0.394. The molecule has 54 valence electrons. The van der Waals surface area contributed by atoms with Crippen LogP contribution in [0.1, 0.15) is 6.92 Å². The van der Waals surface area contributed by atoms with Crippen molar-refractivity contribution in [2.45, 2.75) is 12.2 Å². The molecule has 0 rings (SSSR count). The van der Waals surface area contributed by atoms with Crippen LogP contribution < -0.4 is 0 Å². The number of rotatable bonds is 5. The number of carbonyl (C=O) groups is 1. The number of hydrogen-bond donors (Lipinski definition) is 0. The van der Waals surface area contributed by atoms with Gasteiger partial charge in [0.05, 0.1) is 0 Å². The first-order valence-corrected chi connectivity index (χ1v) is 5.18. The van der Waals surface area contributed by atoms with Crippen molar-refractivity contribution in [3.05, 3.63) is 0 Å². The third-order valence-electron chi connectivity index (χ3n) is 0.659. The van der Waals surface area contributed by atoms with Crippen LogP contribution >= 0.6 is 21.6 Å². The van der Waals surface area contributed by atoms with Gasteiger partial charge in [0, 0.05) is 5.25 Å². The molecule has 1 unspecified atom stereocenters. The van der Waals surface area contributed by atoms with Crippen LogP contribution in [0.4, 0.5) is 0 Å². The first-order chi connectivity index (χ1) is 4.31. The highest BCUT2D eigenvalue weighted by Crippen LogP contribution is 2.22. The lowest BCUT2D eigenvalue weighted by Gasteiger charge is -2.05. The van der Waals surface area contributed by atoms with Crippen molar-refractivity contribution in [3.8, 4) is 0 Å². The van der Waals surface area contributed by atoms with Gasteiger partial charge in [0.25, 0.3) is 6.47 Å². The second kappa shape index (κ2) is 6.29. The Kier molecular flexibility index (Phi) is 6.41. The first kappa shape index (κ1) is 9.17. The van der Waals surface area contributed by atoms with Gasteiger partial charge in [0.1, 0.15) is 6.61 Å². The fourth-order valence-electron chi connectivity index (χ4n) is 0.367. The minimum Gasteiger partial charge on any atom is -0.467 e. The van der Waals surface area contributed by atoms with Gasteiger partial charge in [-0.2, -0.15) is 0 Å². The zero-order valence-electron chi connectivity index (χ0n) is 5.49. The molecule has 9 heavy (non-hydrogen) atoms. The number of hydrogen-bond acceptors (Lipinski definition) is 4. The zero-order chi connectivity index (χ0) is 7.11. The maximum atomic E-state index is 9.68. The van der Waals surface area contributed by atoms with E-state index in [1.165, 1.54) is 0 Å². The van der Waals surface area contributed by atoms with Crippen molar-refractivity contribution < 1.29 is 9.53 Å². The second-order valence-electron chi connectivity index (χ2n) is 1.50. The molecule has 0 heterocycles. The summed E-state index contributed by atoms with van der Waals surface area (Å²) in [7, 11) is 3.38. The van der Waals surface area contributed by atoms with Crippen LogP contribution in [-0.2, 0) is 9.53 Å². The van der Waals surface area contributed by atoms with Gasteiger partial charge in [-0.3, -0.25) is 4.79 Å². The van der Waals surface area contributed by atoms with Crippen molar-refractivity contribution in [1.29, 1.82) is 0 Å². The Morgan fingerprint density at radius 3 is 2.89 bits per heavy atom. The summed E-state index contributed by atoms with van der Waals surface area (Å²) in [6.07, 6.45) is 2.00. The average Bonchev–Trinajstić information content (AvgIpc) is 1.85. The molecule has 0 aromatic rings. The number of carbonyl (C=O) groups excluding carboxylic acids is 1. The van der Waals surface area contributed by atoms with E-state index in [9.17, 15) is 4.79 Å². The van der Waals surface area contributed by atoms with Crippen LogP contribution in [-0.4, -0.2) is 24.6 Å². The molecule has 0 N–H and O–H groups in total. The summed E-state index contributed by atoms with van der Waals surface area (Å²) in [4.78, 5) is 9.68. The third-order valence-corrected chi connectivity index (χ3v) is 2.88. The van der Waals surface area contributed by atoms with Crippen LogP contribution in [0.25, 0.3) is 0 Å². The molecule has 2 nitrogen and oxygen atoms in total. The topological polar surface area (TPSA) is 26.3 Å². The van der Waals surface area contributed by atoms with Crippen molar-refractivity contribution in [2.75, 3.05) is 12.9 Å². The monoisotopic (exact) mass is 166 g/mol. The van der Waals surface area contributed by atoms with Gasteiger partial charge in [-0.1, -0.05) is 21.6 Å². The van der Waals surface area contributed by atoms with Gasteiger partial charge < -0.3 is 4.74 Å². The van der Waals surface area contributed by atoms with Crippen molar-refractivity contribution in [3.63, 3.8) is 0 Å². The molecule has 0 aliphatic carbocycles. The lowest BCUT2D eigenvalue weighted by molar-refractivity contribution is -0.128. The maximum Gasteiger partial charge on any atom is 0.293 e. The van der Waals surface area contributed by atoms with E-state index in [0.717, 1.165) is 0 Å². The first-order valence-electron chi connectivity index (χ1n) is 2.56. The fourth-order valence-corrected chi connectivity index (χ4v) is 1.98. The predicted molar refractivity (Wildman–Crippen MR) is 42.6 cm³/mol. The van der Waals surface area contributed by atoms with E-state index in [1.54, 1.807) is 21.6 Å². The van der Waals surface area contributed by atoms with Crippen LogP contribution in [0.2, 0.25) is 0 Å². The van der Waals surface area contributed by atoms with E-state index >= 15 is 0 Å². The van der Waals surface area contributed by atoms with Crippen LogP contribution in [0.3, 0.4) is 0 Å². The SMILES string of the molecule is CSSC(C)COC=O. The highest BCUT2D eigenvalue weighted by Gasteiger charge is 1.99. The van der Waals surface area contributed by atoms with Gasteiger partial charge >= 0.3 is 0 Å². The van der Waals surface area contributed by atoms with Gasteiger partial charge in [0.2, 0.25) is 0 Å². The van der Waals surface area contributed by atoms with Crippen molar-refractivity contribution in [1.82, 2.24) is 0 Å². The quantitative estimate of drug-likeness (QED) is 0.457. The summed E-state index contributed by atoms with van der Waals surface area (Å²) >= 11 is 0. The van der Waals surface area contributed by atoms with Gasteiger partial charge in [-0.15, -0.1) is 0 Å². The minimum absolute atomic E-state index is 0.394. The van der Waals surface area contributed by atoms with E-state index in [1.807, 2.05) is 13.2 Å². The Labute approximate surface area is 63.1 Å². The van der Waals surface area contributed by atoms with Crippen molar-refractivity contribution >= 4 is 28.1 Å². The summed E-state index contributed by atoms with van der Waals surface area (Å²) in [6, 6.07) is 0. The summed E-state index contributed by atoms with van der Waals surface area (Å²) in [5.74, 6) is 0. The predicted octanol–water partition coefficient (Wildman–Crippen LogP) is 1.56. The molecule has 0 saturated heterocycles. The summed E-state index contributed by atoms with van der Waals surface area (Å²) in [6.45, 7) is 3.01.